The molecule has 6 aromatic carbocycles. The Kier molecular flexibility index (Phi) is 6.39. The maximum Gasteiger partial charge on any atom is 0.141 e. The summed E-state index contributed by atoms with van der Waals surface area (Å²) in [6, 6.07) is 53.2. The molecule has 0 aliphatic carbocycles. The van der Waals surface area contributed by atoms with Crippen LogP contribution in [0.1, 0.15) is 6.92 Å². The molecule has 3 aromatic heterocycles. The van der Waals surface area contributed by atoms with E-state index in [9.17, 15) is 0 Å². The van der Waals surface area contributed by atoms with Gasteiger partial charge in [-0.25, -0.2) is 15.0 Å². The molecule has 9 rings (SSSR count). The van der Waals surface area contributed by atoms with Crippen LogP contribution < -0.4 is 0 Å². The average Bonchev–Trinajstić information content (AvgIpc) is 3.53. The summed E-state index contributed by atoms with van der Waals surface area (Å²) < 4.78 is 2.29. The molecule has 0 bridgehead atoms. The number of benzene rings is 6. The number of aromatic nitrogens is 4. The number of imidazole rings is 1. The third-order valence-corrected chi connectivity index (χ3v) is 9.16. The number of pyridine rings is 2. The molecule has 0 amide bonds. The first-order chi connectivity index (χ1) is 23.2. The Balaban J connectivity index is 1.25. The predicted molar refractivity (Wildman–Crippen MR) is 195 cm³/mol. The summed E-state index contributed by atoms with van der Waals surface area (Å²) in [5, 5.41) is 4.44. The van der Waals surface area contributed by atoms with E-state index in [0.717, 1.165) is 95.2 Å². The first-order valence-electron chi connectivity index (χ1n) is 16.1. The van der Waals surface area contributed by atoms with Gasteiger partial charge in [-0.15, -0.1) is 0 Å². The highest BCUT2D eigenvalue weighted by molar-refractivity contribution is 6.20. The molecule has 0 fully saturated rings. The van der Waals surface area contributed by atoms with Crippen molar-refractivity contribution in [3.05, 3.63) is 152 Å². The molecular weight excluding hydrogens is 573 g/mol. The van der Waals surface area contributed by atoms with Gasteiger partial charge in [0.05, 0.1) is 33.5 Å². The Labute approximate surface area is 272 Å². The van der Waals surface area contributed by atoms with Gasteiger partial charge in [-0.05, 0) is 53.8 Å². The molecule has 0 saturated heterocycles. The molecule has 47 heavy (non-hydrogen) atoms. The highest BCUT2D eigenvalue weighted by Crippen LogP contribution is 2.39. The number of aryl methyl sites for hydroxylation is 1. The molecule has 0 saturated carbocycles. The first-order valence-corrected chi connectivity index (χ1v) is 16.1. The minimum absolute atomic E-state index is 0.853. The Bertz CT molecular complexity index is 2600. The minimum Gasteiger partial charge on any atom is -0.324 e. The van der Waals surface area contributed by atoms with E-state index < -0.39 is 0 Å². The standard InChI is InChI=1S/C43H30N4/c1-2-47-39-19-10-9-18-37(39)46-43(47)33-17-11-16-31(26-33)32-21-23-34-35-24-20-30-22-25-36(28-12-5-3-6-13-28)44-42(30)40(35)41(45-38(34)27-32)29-14-7-4-8-15-29/h3-27H,2H2,1H3. The van der Waals surface area contributed by atoms with Crippen molar-refractivity contribution in [1.82, 2.24) is 19.5 Å². The van der Waals surface area contributed by atoms with Crippen molar-refractivity contribution < 1.29 is 0 Å². The van der Waals surface area contributed by atoms with E-state index >= 15 is 0 Å². The first kappa shape index (κ1) is 27.2. The zero-order chi connectivity index (χ0) is 31.3. The maximum atomic E-state index is 5.39. The largest absolute Gasteiger partial charge is 0.324 e. The van der Waals surface area contributed by atoms with Crippen LogP contribution in [0, 0.1) is 0 Å². The van der Waals surface area contributed by atoms with E-state index in [-0.39, 0.29) is 0 Å². The molecule has 4 heteroatoms. The van der Waals surface area contributed by atoms with Gasteiger partial charge in [0.2, 0.25) is 0 Å². The van der Waals surface area contributed by atoms with Crippen molar-refractivity contribution in [2.45, 2.75) is 13.5 Å². The second-order valence-corrected chi connectivity index (χ2v) is 11.9. The van der Waals surface area contributed by atoms with Crippen LogP contribution in [-0.2, 0) is 6.54 Å². The fourth-order valence-electron chi connectivity index (χ4n) is 6.89. The monoisotopic (exact) mass is 602 g/mol. The maximum absolute atomic E-state index is 5.39. The highest BCUT2D eigenvalue weighted by atomic mass is 15.1. The molecule has 0 N–H and O–H groups in total. The third-order valence-electron chi connectivity index (χ3n) is 9.16. The minimum atomic E-state index is 0.853. The van der Waals surface area contributed by atoms with Crippen molar-refractivity contribution in [1.29, 1.82) is 0 Å². The van der Waals surface area contributed by atoms with Gasteiger partial charge >= 0.3 is 0 Å². The van der Waals surface area contributed by atoms with Crippen molar-refractivity contribution >= 4 is 43.6 Å². The number of hydrogen-bond donors (Lipinski definition) is 0. The van der Waals surface area contributed by atoms with Gasteiger partial charge in [0.1, 0.15) is 5.82 Å². The Hall–Kier alpha value is -6.13. The van der Waals surface area contributed by atoms with Crippen molar-refractivity contribution in [3.63, 3.8) is 0 Å². The molecule has 9 aromatic rings. The molecule has 0 aliphatic rings. The summed E-state index contributed by atoms with van der Waals surface area (Å²) in [6.45, 7) is 3.03. The van der Waals surface area contributed by atoms with E-state index in [0.29, 0.717) is 0 Å². The Morgan fingerprint density at radius 1 is 0.489 bits per heavy atom. The van der Waals surface area contributed by atoms with Crippen LogP contribution in [0.15, 0.2) is 152 Å². The van der Waals surface area contributed by atoms with Crippen LogP contribution in [0.25, 0.3) is 88.6 Å². The molecular formula is C43H30N4. The zero-order valence-electron chi connectivity index (χ0n) is 25.9. The highest BCUT2D eigenvalue weighted by Gasteiger charge is 2.17. The lowest BCUT2D eigenvalue weighted by Gasteiger charge is -2.14. The van der Waals surface area contributed by atoms with Crippen LogP contribution in [-0.4, -0.2) is 19.5 Å². The fraction of sp³-hybridized carbons (Fsp3) is 0.0465. The molecule has 4 nitrogen and oxygen atoms in total. The smallest absolute Gasteiger partial charge is 0.141 e. The van der Waals surface area contributed by atoms with E-state index in [4.69, 9.17) is 15.0 Å². The molecule has 0 unspecified atom stereocenters. The lowest BCUT2D eigenvalue weighted by molar-refractivity contribution is 0.796. The number of rotatable bonds is 5. The summed E-state index contributed by atoms with van der Waals surface area (Å²) in [5.41, 5.74) is 11.5. The van der Waals surface area contributed by atoms with Crippen LogP contribution >= 0.6 is 0 Å². The van der Waals surface area contributed by atoms with Gasteiger partial charge in [-0.2, -0.15) is 0 Å². The number of nitrogens with zero attached hydrogens (tertiary/aromatic N) is 4. The quantitative estimate of drug-likeness (QED) is 0.184. The van der Waals surface area contributed by atoms with E-state index in [1.54, 1.807) is 0 Å². The van der Waals surface area contributed by atoms with Crippen molar-refractivity contribution in [2.24, 2.45) is 0 Å². The molecule has 0 radical (unpaired) electrons. The molecule has 222 valence electrons. The summed E-state index contributed by atoms with van der Waals surface area (Å²) in [4.78, 5) is 15.7. The second kappa shape index (κ2) is 11.0. The lowest BCUT2D eigenvalue weighted by atomic mass is 9.95. The van der Waals surface area contributed by atoms with E-state index in [1.165, 1.54) is 0 Å². The predicted octanol–water partition coefficient (Wildman–Crippen LogP) is 11.0. The van der Waals surface area contributed by atoms with Gasteiger partial charge in [0.15, 0.2) is 0 Å². The lowest BCUT2D eigenvalue weighted by Crippen LogP contribution is -1.97. The van der Waals surface area contributed by atoms with Crippen LogP contribution in [0.5, 0.6) is 0 Å². The number of fused-ring (bicyclic) bond motifs is 6. The van der Waals surface area contributed by atoms with Crippen LogP contribution in [0.2, 0.25) is 0 Å². The summed E-state index contributed by atoms with van der Waals surface area (Å²) in [5.74, 6) is 0.987. The van der Waals surface area contributed by atoms with Crippen molar-refractivity contribution in [2.75, 3.05) is 0 Å². The summed E-state index contributed by atoms with van der Waals surface area (Å²) in [6.07, 6.45) is 0. The second-order valence-electron chi connectivity index (χ2n) is 11.9. The van der Waals surface area contributed by atoms with Crippen LogP contribution in [0.4, 0.5) is 0 Å². The number of para-hydroxylation sites is 2. The Morgan fingerprint density at radius 2 is 1.17 bits per heavy atom. The van der Waals surface area contributed by atoms with Gasteiger partial charge in [0, 0.05) is 39.4 Å². The van der Waals surface area contributed by atoms with Gasteiger partial charge < -0.3 is 4.57 Å². The number of hydrogen-bond acceptors (Lipinski definition) is 3. The van der Waals surface area contributed by atoms with Gasteiger partial charge in [-0.1, -0.05) is 121 Å². The summed E-state index contributed by atoms with van der Waals surface area (Å²) in [7, 11) is 0. The van der Waals surface area contributed by atoms with Gasteiger partial charge in [-0.3, -0.25) is 0 Å². The topological polar surface area (TPSA) is 43.6 Å². The Morgan fingerprint density at radius 3 is 2.00 bits per heavy atom. The molecule has 0 spiro atoms. The molecule has 3 heterocycles. The fourth-order valence-corrected chi connectivity index (χ4v) is 6.89. The normalized spacial score (nSPS) is 11.6. The van der Waals surface area contributed by atoms with Crippen LogP contribution in [0.3, 0.4) is 0 Å². The SMILES string of the molecule is CCn1c(-c2cccc(-c3ccc4c(c3)nc(-c3ccccc3)c3c4ccc4ccc(-c5ccccc5)nc43)c2)nc2ccccc21. The van der Waals surface area contributed by atoms with Crippen molar-refractivity contribution in [3.8, 4) is 45.0 Å². The zero-order valence-corrected chi connectivity index (χ0v) is 25.9. The summed E-state index contributed by atoms with van der Waals surface area (Å²) >= 11 is 0. The van der Waals surface area contributed by atoms with E-state index in [1.807, 2.05) is 12.1 Å². The third kappa shape index (κ3) is 4.57. The molecule has 0 aliphatic heterocycles. The average molecular weight is 603 g/mol. The molecule has 0 atom stereocenters. The van der Waals surface area contributed by atoms with Gasteiger partial charge in [0.25, 0.3) is 0 Å². The van der Waals surface area contributed by atoms with E-state index in [2.05, 4.69) is 151 Å².